The van der Waals surface area contributed by atoms with E-state index in [1.165, 1.54) is 12.8 Å². The first-order valence-corrected chi connectivity index (χ1v) is 8.75. The zero-order chi connectivity index (χ0) is 17.7. The lowest BCUT2D eigenvalue weighted by molar-refractivity contribution is -0.133. The highest BCUT2D eigenvalue weighted by atomic mass is 16.2. The molecule has 0 unspecified atom stereocenters. The zero-order valence-electron chi connectivity index (χ0n) is 14.9. The largest absolute Gasteiger partial charge is 0.352 e. The van der Waals surface area contributed by atoms with Gasteiger partial charge in [0.25, 0.3) is 0 Å². The molecule has 1 aliphatic rings. The smallest absolute Gasteiger partial charge is 0.312 e. The number of urea groups is 1. The molecule has 0 aromatic heterocycles. The van der Waals surface area contributed by atoms with Crippen molar-refractivity contribution in [3.05, 3.63) is 35.4 Å². The molecule has 0 spiro atoms. The molecule has 0 radical (unpaired) electrons. The molecule has 3 amide bonds. The third-order valence-electron chi connectivity index (χ3n) is 5.19. The Morgan fingerprint density at radius 2 is 1.88 bits per heavy atom. The Bertz CT molecular complexity index is 580. The fraction of sp³-hybridized carbons (Fsp3) is 0.579. The molecule has 24 heavy (non-hydrogen) atoms. The molecular formula is C19H29N3O2. The summed E-state index contributed by atoms with van der Waals surface area (Å²) in [6.45, 7) is 4.24. The first kappa shape index (κ1) is 18.3. The van der Waals surface area contributed by atoms with Gasteiger partial charge in [-0.25, -0.2) is 4.79 Å². The van der Waals surface area contributed by atoms with Crippen molar-refractivity contribution >= 4 is 11.9 Å². The number of rotatable bonds is 5. The van der Waals surface area contributed by atoms with Crippen LogP contribution in [0.25, 0.3) is 0 Å². The Morgan fingerprint density at radius 1 is 1.25 bits per heavy atom. The monoisotopic (exact) mass is 331 g/mol. The highest BCUT2D eigenvalue weighted by Crippen LogP contribution is 2.28. The molecule has 0 heterocycles. The standard InChI is InChI=1S/C19H29N3O2/c1-13-8-10-15(11-9-13)22(3)18(23)12-17(21-19(20)24)16-7-5-4-6-14(16)2/h4-7,13,15,17H,8-12H2,1-3H3,(H3,20,21,24)/t13?,15?,17-/m0/s1. The molecule has 1 fully saturated rings. The predicted octanol–water partition coefficient (Wildman–Crippen LogP) is 3.13. The van der Waals surface area contributed by atoms with Gasteiger partial charge in [0.1, 0.15) is 0 Å². The molecule has 1 aromatic carbocycles. The van der Waals surface area contributed by atoms with Gasteiger partial charge in [-0.3, -0.25) is 4.79 Å². The molecule has 1 aliphatic carbocycles. The first-order chi connectivity index (χ1) is 11.4. The van der Waals surface area contributed by atoms with E-state index in [0.717, 1.165) is 29.9 Å². The number of aryl methyl sites for hydroxylation is 1. The number of nitrogens with one attached hydrogen (secondary N) is 1. The minimum atomic E-state index is -0.606. The quantitative estimate of drug-likeness (QED) is 0.870. The molecule has 1 aromatic rings. The highest BCUT2D eigenvalue weighted by Gasteiger charge is 2.27. The van der Waals surface area contributed by atoms with Gasteiger partial charge in [0.2, 0.25) is 5.91 Å². The SMILES string of the molecule is Cc1ccccc1[C@H](CC(=O)N(C)C1CCC(C)CC1)NC(N)=O. The van der Waals surface area contributed by atoms with Crippen LogP contribution < -0.4 is 11.1 Å². The summed E-state index contributed by atoms with van der Waals surface area (Å²) < 4.78 is 0. The Balaban J connectivity index is 2.07. The second-order valence-electron chi connectivity index (χ2n) is 7.04. The predicted molar refractivity (Wildman–Crippen MR) is 95.4 cm³/mol. The molecule has 0 bridgehead atoms. The van der Waals surface area contributed by atoms with Crippen LogP contribution in [0.4, 0.5) is 4.79 Å². The Hall–Kier alpha value is -2.04. The maximum Gasteiger partial charge on any atom is 0.312 e. The van der Waals surface area contributed by atoms with Crippen LogP contribution in [0.3, 0.4) is 0 Å². The second-order valence-corrected chi connectivity index (χ2v) is 7.04. The number of benzene rings is 1. The van der Waals surface area contributed by atoms with Gasteiger partial charge in [-0.1, -0.05) is 31.2 Å². The van der Waals surface area contributed by atoms with Crippen LogP contribution in [0.15, 0.2) is 24.3 Å². The van der Waals surface area contributed by atoms with Crippen molar-refractivity contribution in [1.82, 2.24) is 10.2 Å². The third-order valence-corrected chi connectivity index (χ3v) is 5.19. The van der Waals surface area contributed by atoms with Crippen molar-refractivity contribution in [2.75, 3.05) is 7.05 Å². The van der Waals surface area contributed by atoms with Crippen molar-refractivity contribution in [2.45, 2.75) is 58.0 Å². The molecule has 2 rings (SSSR count). The summed E-state index contributed by atoms with van der Waals surface area (Å²) in [7, 11) is 1.88. The molecule has 5 heteroatoms. The van der Waals surface area contributed by atoms with E-state index < -0.39 is 6.03 Å². The van der Waals surface area contributed by atoms with Crippen LogP contribution in [0, 0.1) is 12.8 Å². The summed E-state index contributed by atoms with van der Waals surface area (Å²) in [4.78, 5) is 26.0. The lowest BCUT2D eigenvalue weighted by atomic mass is 9.86. The maximum atomic E-state index is 12.7. The van der Waals surface area contributed by atoms with Crippen LogP contribution in [-0.2, 0) is 4.79 Å². The molecule has 1 atom stereocenters. The van der Waals surface area contributed by atoms with Crippen LogP contribution in [0.1, 0.15) is 56.2 Å². The van der Waals surface area contributed by atoms with E-state index in [1.54, 1.807) is 0 Å². The minimum absolute atomic E-state index is 0.0524. The van der Waals surface area contributed by atoms with Gasteiger partial charge in [0.05, 0.1) is 12.5 Å². The number of carbonyl (C=O) groups excluding carboxylic acids is 2. The van der Waals surface area contributed by atoms with E-state index >= 15 is 0 Å². The molecular weight excluding hydrogens is 302 g/mol. The number of amides is 3. The molecule has 3 N–H and O–H groups in total. The Morgan fingerprint density at radius 3 is 2.46 bits per heavy atom. The lowest BCUT2D eigenvalue weighted by Crippen LogP contribution is -2.42. The summed E-state index contributed by atoms with van der Waals surface area (Å²) in [5.41, 5.74) is 7.30. The van der Waals surface area contributed by atoms with Gasteiger partial charge >= 0.3 is 6.03 Å². The fourth-order valence-electron chi connectivity index (χ4n) is 3.54. The minimum Gasteiger partial charge on any atom is -0.352 e. The molecule has 1 saturated carbocycles. The number of hydrogen-bond donors (Lipinski definition) is 2. The van der Waals surface area contributed by atoms with Crippen molar-refractivity contribution < 1.29 is 9.59 Å². The molecule has 5 nitrogen and oxygen atoms in total. The average molecular weight is 331 g/mol. The number of nitrogens with zero attached hydrogens (tertiary/aromatic N) is 1. The van der Waals surface area contributed by atoms with Crippen LogP contribution >= 0.6 is 0 Å². The van der Waals surface area contributed by atoms with E-state index in [-0.39, 0.29) is 18.4 Å². The van der Waals surface area contributed by atoms with Gasteiger partial charge in [0.15, 0.2) is 0 Å². The first-order valence-electron chi connectivity index (χ1n) is 8.75. The Labute approximate surface area is 144 Å². The van der Waals surface area contributed by atoms with Crippen molar-refractivity contribution in [3.63, 3.8) is 0 Å². The third kappa shape index (κ3) is 4.73. The summed E-state index contributed by atoms with van der Waals surface area (Å²) in [6, 6.07) is 7.07. The number of hydrogen-bond acceptors (Lipinski definition) is 2. The number of primary amides is 1. The van der Waals surface area contributed by atoms with Crippen LogP contribution in [0.5, 0.6) is 0 Å². The zero-order valence-corrected chi connectivity index (χ0v) is 14.9. The summed E-state index contributed by atoms with van der Waals surface area (Å²) in [5, 5.41) is 2.72. The normalized spacial score (nSPS) is 21.8. The molecule has 0 aliphatic heterocycles. The maximum absolute atomic E-state index is 12.7. The van der Waals surface area contributed by atoms with Crippen molar-refractivity contribution in [3.8, 4) is 0 Å². The number of carbonyl (C=O) groups is 2. The van der Waals surface area contributed by atoms with Crippen molar-refractivity contribution in [1.29, 1.82) is 0 Å². The van der Waals surface area contributed by atoms with E-state index in [2.05, 4.69) is 12.2 Å². The van der Waals surface area contributed by atoms with E-state index in [4.69, 9.17) is 5.73 Å². The van der Waals surface area contributed by atoms with Crippen molar-refractivity contribution in [2.24, 2.45) is 11.7 Å². The van der Waals surface area contributed by atoms with E-state index in [9.17, 15) is 9.59 Å². The molecule has 0 saturated heterocycles. The van der Waals surface area contributed by atoms with Gasteiger partial charge in [-0.05, 0) is 49.7 Å². The Kier molecular flexibility index (Phi) is 6.23. The van der Waals surface area contributed by atoms with E-state index in [0.29, 0.717) is 6.04 Å². The number of nitrogens with two attached hydrogens (primary N) is 1. The second kappa shape index (κ2) is 8.18. The van der Waals surface area contributed by atoms with Gasteiger partial charge < -0.3 is 16.0 Å². The summed E-state index contributed by atoms with van der Waals surface area (Å²) in [6.07, 6.45) is 4.69. The fourth-order valence-corrected chi connectivity index (χ4v) is 3.54. The van der Waals surface area contributed by atoms with Gasteiger partial charge in [-0.15, -0.1) is 0 Å². The topological polar surface area (TPSA) is 75.4 Å². The highest BCUT2D eigenvalue weighted by molar-refractivity contribution is 5.79. The van der Waals surface area contributed by atoms with E-state index in [1.807, 2.05) is 43.1 Å². The summed E-state index contributed by atoms with van der Waals surface area (Å²) in [5.74, 6) is 0.803. The molecule has 132 valence electrons. The summed E-state index contributed by atoms with van der Waals surface area (Å²) >= 11 is 0. The lowest BCUT2D eigenvalue weighted by Gasteiger charge is -2.34. The van der Waals surface area contributed by atoms with Crippen LogP contribution in [-0.4, -0.2) is 29.9 Å². The van der Waals surface area contributed by atoms with Crippen LogP contribution in [0.2, 0.25) is 0 Å². The van der Waals surface area contributed by atoms with Gasteiger partial charge in [0, 0.05) is 13.1 Å². The average Bonchev–Trinajstić information content (AvgIpc) is 2.54. The van der Waals surface area contributed by atoms with Gasteiger partial charge in [-0.2, -0.15) is 0 Å².